The van der Waals surface area contributed by atoms with Crippen molar-refractivity contribution in [3.05, 3.63) is 57.9 Å². The second-order valence-electron chi connectivity index (χ2n) is 4.23. The molecule has 2 aromatic rings. The van der Waals surface area contributed by atoms with E-state index in [9.17, 15) is 4.39 Å². The van der Waals surface area contributed by atoms with Crippen molar-refractivity contribution in [2.75, 3.05) is 0 Å². The third kappa shape index (κ3) is 2.86. The third-order valence-corrected chi connectivity index (χ3v) is 3.30. The second-order valence-corrected chi connectivity index (χ2v) is 4.60. The Balaban J connectivity index is 2.40. The van der Waals surface area contributed by atoms with Crippen LogP contribution in [0.2, 0.25) is 5.02 Å². The molecule has 0 heterocycles. The SMILES string of the molecule is Cc1cc(Oc2ccc(F)cc2C#N)cc(C)c1Cl. The van der Waals surface area contributed by atoms with Crippen LogP contribution in [0, 0.1) is 31.0 Å². The lowest BCUT2D eigenvalue weighted by Gasteiger charge is -2.10. The van der Waals surface area contributed by atoms with Gasteiger partial charge in [0.15, 0.2) is 0 Å². The predicted molar refractivity (Wildman–Crippen MR) is 72.1 cm³/mol. The van der Waals surface area contributed by atoms with Crippen LogP contribution in [-0.4, -0.2) is 0 Å². The van der Waals surface area contributed by atoms with E-state index in [0.717, 1.165) is 17.2 Å². The normalized spacial score (nSPS) is 10.1. The van der Waals surface area contributed by atoms with E-state index in [1.807, 2.05) is 19.9 Å². The van der Waals surface area contributed by atoms with Crippen molar-refractivity contribution in [3.63, 3.8) is 0 Å². The molecule has 0 fully saturated rings. The van der Waals surface area contributed by atoms with Crippen LogP contribution in [0.5, 0.6) is 11.5 Å². The summed E-state index contributed by atoms with van der Waals surface area (Å²) < 4.78 is 18.7. The molecular formula is C15H11ClFNO. The predicted octanol–water partition coefficient (Wildman–Crippen LogP) is 4.76. The minimum Gasteiger partial charge on any atom is -0.456 e. The summed E-state index contributed by atoms with van der Waals surface area (Å²) in [6, 6.07) is 9.30. The molecule has 0 aliphatic rings. The Morgan fingerprint density at radius 1 is 1.16 bits per heavy atom. The van der Waals surface area contributed by atoms with Gasteiger partial charge in [0, 0.05) is 5.02 Å². The first-order valence-corrected chi connectivity index (χ1v) is 6.03. The molecule has 2 nitrogen and oxygen atoms in total. The zero-order valence-corrected chi connectivity index (χ0v) is 11.3. The van der Waals surface area contributed by atoms with Gasteiger partial charge in [-0.1, -0.05) is 11.6 Å². The van der Waals surface area contributed by atoms with Crippen molar-refractivity contribution in [2.24, 2.45) is 0 Å². The summed E-state index contributed by atoms with van der Waals surface area (Å²) in [7, 11) is 0. The smallest absolute Gasteiger partial charge is 0.145 e. The number of nitrogens with zero attached hydrogens (tertiary/aromatic N) is 1. The van der Waals surface area contributed by atoms with Crippen molar-refractivity contribution >= 4 is 11.6 Å². The minimum absolute atomic E-state index is 0.158. The molecular weight excluding hydrogens is 265 g/mol. The molecule has 0 aliphatic heterocycles. The molecule has 2 rings (SSSR count). The molecule has 0 spiro atoms. The Labute approximate surface area is 116 Å². The molecule has 2 aromatic carbocycles. The first-order valence-electron chi connectivity index (χ1n) is 5.65. The van der Waals surface area contributed by atoms with E-state index in [4.69, 9.17) is 21.6 Å². The standard InChI is InChI=1S/C15H11ClFNO/c1-9-5-13(6-10(2)15(9)16)19-14-4-3-12(17)7-11(14)8-18/h3-7H,1-2H3. The van der Waals surface area contributed by atoms with Crippen LogP contribution in [0.1, 0.15) is 16.7 Å². The van der Waals surface area contributed by atoms with Gasteiger partial charge in [-0.25, -0.2) is 4.39 Å². The summed E-state index contributed by atoms with van der Waals surface area (Å²) in [4.78, 5) is 0. The van der Waals surface area contributed by atoms with Crippen molar-refractivity contribution in [2.45, 2.75) is 13.8 Å². The zero-order valence-electron chi connectivity index (χ0n) is 10.5. The molecule has 19 heavy (non-hydrogen) atoms. The lowest BCUT2D eigenvalue weighted by atomic mass is 10.1. The van der Waals surface area contributed by atoms with Crippen LogP contribution in [-0.2, 0) is 0 Å². The van der Waals surface area contributed by atoms with Gasteiger partial charge in [0.05, 0.1) is 5.56 Å². The Morgan fingerprint density at radius 2 is 1.79 bits per heavy atom. The highest BCUT2D eigenvalue weighted by Gasteiger charge is 2.08. The van der Waals surface area contributed by atoms with Crippen molar-refractivity contribution in [3.8, 4) is 17.6 Å². The Kier molecular flexibility index (Phi) is 3.73. The molecule has 96 valence electrons. The first-order chi connectivity index (χ1) is 9.01. The number of nitriles is 1. The van der Waals surface area contributed by atoms with E-state index in [-0.39, 0.29) is 5.56 Å². The van der Waals surface area contributed by atoms with E-state index < -0.39 is 5.82 Å². The van der Waals surface area contributed by atoms with Gasteiger partial charge in [0.1, 0.15) is 23.4 Å². The number of hydrogen-bond acceptors (Lipinski definition) is 2. The van der Waals surface area contributed by atoms with Crippen molar-refractivity contribution in [1.82, 2.24) is 0 Å². The maximum absolute atomic E-state index is 13.0. The van der Waals surface area contributed by atoms with Gasteiger partial charge >= 0.3 is 0 Å². The van der Waals surface area contributed by atoms with Crippen LogP contribution in [0.25, 0.3) is 0 Å². The molecule has 0 aliphatic carbocycles. The average molecular weight is 276 g/mol. The zero-order chi connectivity index (χ0) is 14.0. The molecule has 0 saturated heterocycles. The molecule has 0 amide bonds. The van der Waals surface area contributed by atoms with Gasteiger partial charge in [0.25, 0.3) is 0 Å². The largest absolute Gasteiger partial charge is 0.456 e. The third-order valence-electron chi connectivity index (χ3n) is 2.70. The monoisotopic (exact) mass is 275 g/mol. The number of benzene rings is 2. The summed E-state index contributed by atoms with van der Waals surface area (Å²) in [5.74, 6) is 0.430. The van der Waals surface area contributed by atoms with E-state index in [1.54, 1.807) is 12.1 Å². The quantitative estimate of drug-likeness (QED) is 0.791. The maximum Gasteiger partial charge on any atom is 0.145 e. The van der Waals surface area contributed by atoms with Crippen LogP contribution < -0.4 is 4.74 Å². The van der Waals surface area contributed by atoms with E-state index in [1.165, 1.54) is 12.1 Å². The minimum atomic E-state index is -0.465. The van der Waals surface area contributed by atoms with Crippen LogP contribution in [0.15, 0.2) is 30.3 Å². The molecule has 0 aromatic heterocycles. The van der Waals surface area contributed by atoms with E-state index in [2.05, 4.69) is 0 Å². The molecule has 4 heteroatoms. The maximum atomic E-state index is 13.0. The first kappa shape index (κ1) is 13.4. The van der Waals surface area contributed by atoms with Crippen LogP contribution >= 0.6 is 11.6 Å². The second kappa shape index (κ2) is 5.29. The summed E-state index contributed by atoms with van der Waals surface area (Å²) in [5.41, 5.74) is 1.93. The molecule has 0 bridgehead atoms. The number of ether oxygens (including phenoxy) is 1. The van der Waals surface area contributed by atoms with Crippen molar-refractivity contribution in [1.29, 1.82) is 5.26 Å². The number of hydrogen-bond donors (Lipinski definition) is 0. The van der Waals surface area contributed by atoms with Gasteiger partial charge < -0.3 is 4.74 Å². The van der Waals surface area contributed by atoms with Crippen LogP contribution in [0.4, 0.5) is 4.39 Å². The number of halogens is 2. The van der Waals surface area contributed by atoms with Gasteiger partial charge in [-0.3, -0.25) is 0 Å². The highest BCUT2D eigenvalue weighted by molar-refractivity contribution is 6.32. The number of aryl methyl sites for hydroxylation is 2. The summed E-state index contributed by atoms with van der Waals surface area (Å²) in [5, 5.41) is 9.64. The summed E-state index contributed by atoms with van der Waals surface area (Å²) in [6.45, 7) is 3.75. The molecule has 0 atom stereocenters. The molecule has 0 radical (unpaired) electrons. The fourth-order valence-corrected chi connectivity index (χ4v) is 1.88. The Bertz CT molecular complexity index is 653. The lowest BCUT2D eigenvalue weighted by molar-refractivity contribution is 0.478. The van der Waals surface area contributed by atoms with Gasteiger partial charge in [0.2, 0.25) is 0 Å². The molecule has 0 unspecified atom stereocenters. The summed E-state index contributed by atoms with van der Waals surface area (Å²) in [6.07, 6.45) is 0. The van der Waals surface area contributed by atoms with E-state index in [0.29, 0.717) is 16.5 Å². The van der Waals surface area contributed by atoms with Crippen molar-refractivity contribution < 1.29 is 9.13 Å². The fraction of sp³-hybridized carbons (Fsp3) is 0.133. The topological polar surface area (TPSA) is 33.0 Å². The highest BCUT2D eigenvalue weighted by atomic mass is 35.5. The van der Waals surface area contributed by atoms with E-state index >= 15 is 0 Å². The highest BCUT2D eigenvalue weighted by Crippen LogP contribution is 2.30. The lowest BCUT2D eigenvalue weighted by Crippen LogP contribution is -1.91. The van der Waals surface area contributed by atoms with Gasteiger partial charge in [-0.05, 0) is 55.3 Å². The van der Waals surface area contributed by atoms with Crippen LogP contribution in [0.3, 0.4) is 0 Å². The number of rotatable bonds is 2. The fourth-order valence-electron chi connectivity index (χ4n) is 1.77. The summed E-state index contributed by atoms with van der Waals surface area (Å²) >= 11 is 6.07. The Morgan fingerprint density at radius 3 is 2.37 bits per heavy atom. The Hall–Kier alpha value is -2.05. The molecule has 0 saturated carbocycles. The van der Waals surface area contributed by atoms with Gasteiger partial charge in [-0.15, -0.1) is 0 Å². The van der Waals surface area contributed by atoms with Gasteiger partial charge in [-0.2, -0.15) is 5.26 Å². The average Bonchev–Trinajstić information content (AvgIpc) is 2.38. The molecule has 0 N–H and O–H groups in total.